The second-order valence-corrected chi connectivity index (χ2v) is 3.33. The quantitative estimate of drug-likeness (QED) is 0.426. The maximum absolute atomic E-state index is 11.6. The fraction of sp³-hybridized carbons (Fsp3) is 0.182. The summed E-state index contributed by atoms with van der Waals surface area (Å²) in [5.41, 5.74) is 0.186. The molecule has 1 aromatic rings. The molecular formula is C11H10N2O3. The van der Waals surface area contributed by atoms with Gasteiger partial charge in [-0.05, 0) is 12.1 Å². The van der Waals surface area contributed by atoms with Gasteiger partial charge in [-0.25, -0.2) is 0 Å². The molecule has 0 heterocycles. The smallest absolute Gasteiger partial charge is 0.285 e. The van der Waals surface area contributed by atoms with E-state index in [4.69, 9.17) is 6.42 Å². The van der Waals surface area contributed by atoms with Gasteiger partial charge in [0.15, 0.2) is 0 Å². The molecule has 0 fully saturated rings. The maximum atomic E-state index is 11.6. The second kappa shape index (κ2) is 4.45. The van der Waals surface area contributed by atoms with E-state index in [0.29, 0.717) is 0 Å². The topological polar surface area (TPSA) is 63.5 Å². The molecule has 1 rings (SSSR count). The molecule has 5 heteroatoms. The molecule has 0 spiro atoms. The fourth-order valence-electron chi connectivity index (χ4n) is 1.20. The van der Waals surface area contributed by atoms with E-state index in [1.165, 1.54) is 23.1 Å². The normalized spacial score (nSPS) is 9.31. The number of benzene rings is 1. The molecule has 0 saturated heterocycles. The van der Waals surface area contributed by atoms with Crippen molar-refractivity contribution in [1.82, 2.24) is 4.90 Å². The molecule has 0 aliphatic rings. The number of hydrogen-bond donors (Lipinski definition) is 0. The van der Waals surface area contributed by atoms with E-state index in [1.807, 2.05) is 0 Å². The minimum atomic E-state index is -0.596. The van der Waals surface area contributed by atoms with E-state index >= 15 is 0 Å². The lowest BCUT2D eigenvalue weighted by Gasteiger charge is -2.09. The van der Waals surface area contributed by atoms with Gasteiger partial charge in [0.2, 0.25) is 0 Å². The number of carbonyl (C=O) groups excluding carboxylic acids is 1. The van der Waals surface area contributed by atoms with Gasteiger partial charge >= 0.3 is 0 Å². The van der Waals surface area contributed by atoms with Crippen LogP contribution in [0.3, 0.4) is 0 Å². The SMILES string of the molecule is C#Cc1ccc(C(=O)N(C)C)cc1[N+](=O)[O-]. The highest BCUT2D eigenvalue weighted by atomic mass is 16.6. The van der Waals surface area contributed by atoms with Crippen LogP contribution < -0.4 is 0 Å². The van der Waals surface area contributed by atoms with Gasteiger partial charge in [-0.1, -0.05) is 5.92 Å². The number of rotatable bonds is 2. The lowest BCUT2D eigenvalue weighted by Crippen LogP contribution is -2.21. The first kappa shape index (κ1) is 11.7. The van der Waals surface area contributed by atoms with Crippen LogP contribution in [0.5, 0.6) is 0 Å². The Bertz CT molecular complexity index is 486. The van der Waals surface area contributed by atoms with Crippen molar-refractivity contribution in [3.8, 4) is 12.3 Å². The van der Waals surface area contributed by atoms with E-state index in [2.05, 4.69) is 5.92 Å². The number of terminal acetylenes is 1. The van der Waals surface area contributed by atoms with Crippen LogP contribution in [0.25, 0.3) is 0 Å². The Hall–Kier alpha value is -2.35. The molecule has 1 aromatic carbocycles. The zero-order chi connectivity index (χ0) is 12.3. The molecular weight excluding hydrogens is 208 g/mol. The molecule has 0 bridgehead atoms. The van der Waals surface area contributed by atoms with Gasteiger partial charge in [0.25, 0.3) is 11.6 Å². The summed E-state index contributed by atoms with van der Waals surface area (Å²) in [5, 5.41) is 10.7. The molecule has 0 aliphatic carbocycles. The molecule has 0 unspecified atom stereocenters. The summed E-state index contributed by atoms with van der Waals surface area (Å²) in [6.07, 6.45) is 5.12. The fourth-order valence-corrected chi connectivity index (χ4v) is 1.20. The predicted octanol–water partition coefficient (Wildman–Crippen LogP) is 1.28. The Balaban J connectivity index is 3.29. The van der Waals surface area contributed by atoms with Gasteiger partial charge in [0, 0.05) is 25.7 Å². The Labute approximate surface area is 92.8 Å². The summed E-state index contributed by atoms with van der Waals surface area (Å²) >= 11 is 0. The zero-order valence-corrected chi connectivity index (χ0v) is 8.93. The zero-order valence-electron chi connectivity index (χ0n) is 8.93. The Morgan fingerprint density at radius 2 is 2.12 bits per heavy atom. The van der Waals surface area contributed by atoms with Crippen molar-refractivity contribution in [2.75, 3.05) is 14.1 Å². The van der Waals surface area contributed by atoms with Gasteiger partial charge in [0.05, 0.1) is 4.92 Å². The number of nitro groups is 1. The van der Waals surface area contributed by atoms with Crippen LogP contribution in [0.15, 0.2) is 18.2 Å². The van der Waals surface area contributed by atoms with Gasteiger partial charge in [0.1, 0.15) is 5.56 Å². The van der Waals surface area contributed by atoms with Crippen LogP contribution in [0.4, 0.5) is 5.69 Å². The summed E-state index contributed by atoms with van der Waals surface area (Å²) < 4.78 is 0. The first-order valence-electron chi connectivity index (χ1n) is 4.44. The van der Waals surface area contributed by atoms with Crippen molar-refractivity contribution in [2.24, 2.45) is 0 Å². The number of amides is 1. The lowest BCUT2D eigenvalue weighted by atomic mass is 10.1. The molecule has 0 aliphatic heterocycles. The molecule has 0 atom stereocenters. The highest BCUT2D eigenvalue weighted by Crippen LogP contribution is 2.19. The maximum Gasteiger partial charge on any atom is 0.285 e. The van der Waals surface area contributed by atoms with Crippen LogP contribution >= 0.6 is 0 Å². The highest BCUT2D eigenvalue weighted by molar-refractivity contribution is 5.94. The molecule has 5 nitrogen and oxygen atoms in total. The highest BCUT2D eigenvalue weighted by Gasteiger charge is 2.16. The monoisotopic (exact) mass is 218 g/mol. The van der Waals surface area contributed by atoms with E-state index in [-0.39, 0.29) is 22.7 Å². The molecule has 16 heavy (non-hydrogen) atoms. The third-order valence-electron chi connectivity index (χ3n) is 2.00. The number of hydrogen-bond acceptors (Lipinski definition) is 3. The third-order valence-corrected chi connectivity index (χ3v) is 2.00. The summed E-state index contributed by atoms with van der Waals surface area (Å²) in [7, 11) is 3.15. The van der Waals surface area contributed by atoms with E-state index in [0.717, 1.165) is 0 Å². The lowest BCUT2D eigenvalue weighted by molar-refractivity contribution is -0.385. The summed E-state index contributed by atoms with van der Waals surface area (Å²) in [5.74, 6) is 1.91. The molecule has 0 N–H and O–H groups in total. The Morgan fingerprint density at radius 3 is 2.56 bits per heavy atom. The van der Waals surface area contributed by atoms with Gasteiger partial charge in [-0.3, -0.25) is 14.9 Å². The van der Waals surface area contributed by atoms with Crippen LogP contribution in [-0.2, 0) is 0 Å². The van der Waals surface area contributed by atoms with Gasteiger partial charge in [-0.2, -0.15) is 0 Å². The number of nitro benzene ring substituents is 1. The molecule has 1 amide bonds. The van der Waals surface area contributed by atoms with Crippen LogP contribution in [0.2, 0.25) is 0 Å². The second-order valence-electron chi connectivity index (χ2n) is 3.33. The van der Waals surface area contributed by atoms with Crippen molar-refractivity contribution < 1.29 is 9.72 Å². The van der Waals surface area contributed by atoms with Gasteiger partial charge in [-0.15, -0.1) is 6.42 Å². The minimum Gasteiger partial charge on any atom is -0.345 e. The number of carbonyl (C=O) groups is 1. The molecule has 0 radical (unpaired) electrons. The summed E-state index contributed by atoms with van der Waals surface area (Å²) in [6, 6.07) is 4.07. The Morgan fingerprint density at radius 1 is 1.50 bits per heavy atom. The van der Waals surface area contributed by atoms with Crippen LogP contribution in [0, 0.1) is 22.5 Å². The van der Waals surface area contributed by atoms with E-state index in [1.54, 1.807) is 14.1 Å². The van der Waals surface area contributed by atoms with Crippen molar-refractivity contribution in [1.29, 1.82) is 0 Å². The van der Waals surface area contributed by atoms with Crippen LogP contribution in [0.1, 0.15) is 15.9 Å². The summed E-state index contributed by atoms with van der Waals surface area (Å²) in [6.45, 7) is 0. The average Bonchev–Trinajstić information content (AvgIpc) is 2.26. The molecule has 0 aromatic heterocycles. The van der Waals surface area contributed by atoms with Crippen molar-refractivity contribution >= 4 is 11.6 Å². The van der Waals surface area contributed by atoms with Crippen molar-refractivity contribution in [3.63, 3.8) is 0 Å². The Kier molecular flexibility index (Phi) is 3.26. The predicted molar refractivity (Wildman–Crippen MR) is 59.0 cm³/mol. The van der Waals surface area contributed by atoms with Crippen LogP contribution in [-0.4, -0.2) is 29.8 Å². The third kappa shape index (κ3) is 2.17. The first-order valence-corrected chi connectivity index (χ1v) is 4.44. The van der Waals surface area contributed by atoms with Gasteiger partial charge < -0.3 is 4.90 Å². The summed E-state index contributed by atoms with van der Waals surface area (Å²) in [4.78, 5) is 23.0. The minimum absolute atomic E-state index is 0.167. The molecule has 82 valence electrons. The van der Waals surface area contributed by atoms with Crippen molar-refractivity contribution in [2.45, 2.75) is 0 Å². The first-order chi connectivity index (χ1) is 7.47. The largest absolute Gasteiger partial charge is 0.345 e. The van der Waals surface area contributed by atoms with Crippen molar-refractivity contribution in [3.05, 3.63) is 39.4 Å². The average molecular weight is 218 g/mol. The number of nitrogens with zero attached hydrogens (tertiary/aromatic N) is 2. The van der Waals surface area contributed by atoms with E-state index < -0.39 is 4.92 Å². The molecule has 0 saturated carbocycles. The standard InChI is InChI=1S/C11H10N2O3/c1-4-8-5-6-9(11(14)12(2)3)7-10(8)13(15)16/h1,5-7H,2-3H3. The van der Waals surface area contributed by atoms with E-state index in [9.17, 15) is 14.9 Å².